The van der Waals surface area contributed by atoms with Crippen LogP contribution in [0.5, 0.6) is 0 Å². The van der Waals surface area contributed by atoms with Crippen molar-refractivity contribution in [2.75, 3.05) is 14.2 Å². The number of aliphatic hydroxyl groups excluding tert-OH is 2. The standard InChI is InChI=1S/C20H20NSi.2CH4O.Ir/c1-22(2,3)20-15-21-19(17-12-8-5-9-13-17)14-18(20)16-10-6-4-7-11-16;2*1-2;/h4-12,14-15H,1-3H3;2*2H,1H3;/q-1;;;. The maximum absolute atomic E-state index is 7.00. The van der Waals surface area contributed by atoms with Crippen LogP contribution in [0.15, 0.2) is 66.9 Å². The van der Waals surface area contributed by atoms with E-state index in [4.69, 9.17) is 15.2 Å². The Bertz CT molecular complexity index is 775. The minimum atomic E-state index is -1.46. The van der Waals surface area contributed by atoms with Crippen molar-refractivity contribution >= 4 is 13.3 Å². The Balaban J connectivity index is 0.00000127. The molecule has 3 aromatic rings. The number of benzene rings is 2. The third-order valence-corrected chi connectivity index (χ3v) is 5.80. The van der Waals surface area contributed by atoms with Crippen molar-refractivity contribution in [1.82, 2.24) is 4.98 Å². The molecule has 0 fully saturated rings. The molecule has 1 heterocycles. The van der Waals surface area contributed by atoms with Crippen molar-refractivity contribution in [3.05, 3.63) is 72.9 Å². The Morgan fingerprint density at radius 1 is 0.852 bits per heavy atom. The van der Waals surface area contributed by atoms with Gasteiger partial charge < -0.3 is 15.2 Å². The van der Waals surface area contributed by atoms with Gasteiger partial charge in [-0.2, -0.15) is 0 Å². The topological polar surface area (TPSA) is 53.4 Å². The van der Waals surface area contributed by atoms with Crippen LogP contribution >= 0.6 is 0 Å². The van der Waals surface area contributed by atoms with E-state index in [9.17, 15) is 0 Å². The Kier molecular flexibility index (Phi) is 11.9. The van der Waals surface area contributed by atoms with Gasteiger partial charge in [-0.25, -0.2) is 0 Å². The van der Waals surface area contributed by atoms with Crippen LogP contribution in [0.25, 0.3) is 22.4 Å². The van der Waals surface area contributed by atoms with Crippen LogP contribution in [0.2, 0.25) is 19.6 Å². The molecule has 3 nitrogen and oxygen atoms in total. The predicted molar refractivity (Wildman–Crippen MR) is 113 cm³/mol. The van der Waals surface area contributed by atoms with Crippen molar-refractivity contribution in [2.45, 2.75) is 19.6 Å². The molecule has 0 aliphatic carbocycles. The molecule has 27 heavy (non-hydrogen) atoms. The number of aromatic nitrogens is 1. The molecule has 1 aromatic heterocycles. The zero-order chi connectivity index (χ0) is 19.6. The van der Waals surface area contributed by atoms with E-state index in [1.807, 2.05) is 18.2 Å². The smallest absolute Gasteiger partial charge is 0.0803 e. The number of nitrogens with zero attached hydrogens (tertiary/aromatic N) is 1. The molecule has 0 amide bonds. The van der Waals surface area contributed by atoms with Crippen LogP contribution in [0, 0.1) is 6.07 Å². The first kappa shape index (κ1) is 25.4. The van der Waals surface area contributed by atoms with Gasteiger partial charge in [0.1, 0.15) is 0 Å². The fraction of sp³-hybridized carbons (Fsp3) is 0.227. The van der Waals surface area contributed by atoms with E-state index in [0.717, 1.165) is 25.5 Å². The first-order valence-corrected chi connectivity index (χ1v) is 12.0. The van der Waals surface area contributed by atoms with Crippen molar-refractivity contribution in [1.29, 1.82) is 0 Å². The largest absolute Gasteiger partial charge is 0.400 e. The van der Waals surface area contributed by atoms with E-state index >= 15 is 0 Å². The molecule has 2 aromatic carbocycles. The molecule has 0 unspecified atom stereocenters. The van der Waals surface area contributed by atoms with E-state index < -0.39 is 8.07 Å². The van der Waals surface area contributed by atoms with Gasteiger partial charge >= 0.3 is 0 Å². The van der Waals surface area contributed by atoms with Crippen LogP contribution in [-0.2, 0) is 20.1 Å². The summed E-state index contributed by atoms with van der Waals surface area (Å²) in [5.41, 5.74) is 4.60. The molecule has 0 spiro atoms. The van der Waals surface area contributed by atoms with Gasteiger partial charge in [-0.15, -0.1) is 35.9 Å². The number of hydrogen-bond donors (Lipinski definition) is 2. The second kappa shape index (κ2) is 12.7. The number of rotatable bonds is 3. The molecular formula is C22H28IrNO2Si-. The average molecular weight is 559 g/mol. The van der Waals surface area contributed by atoms with Gasteiger partial charge in [0.05, 0.1) is 8.07 Å². The summed E-state index contributed by atoms with van der Waals surface area (Å²) < 4.78 is 0. The van der Waals surface area contributed by atoms with Gasteiger partial charge in [-0.1, -0.05) is 56.0 Å². The van der Waals surface area contributed by atoms with Crippen molar-refractivity contribution in [3.63, 3.8) is 0 Å². The van der Waals surface area contributed by atoms with Crippen molar-refractivity contribution in [2.24, 2.45) is 0 Å². The molecule has 0 saturated heterocycles. The van der Waals surface area contributed by atoms with Gasteiger partial charge in [0, 0.05) is 40.5 Å². The summed E-state index contributed by atoms with van der Waals surface area (Å²) in [5.74, 6) is 0. The molecule has 147 valence electrons. The molecule has 2 N–H and O–H groups in total. The Labute approximate surface area is 177 Å². The third-order valence-electron chi connectivity index (χ3n) is 3.78. The summed E-state index contributed by atoms with van der Waals surface area (Å²) in [6, 6.07) is 24.1. The van der Waals surface area contributed by atoms with Crippen LogP contribution in [0.3, 0.4) is 0 Å². The minimum absolute atomic E-state index is 0. The summed E-state index contributed by atoms with van der Waals surface area (Å²) in [6.45, 7) is 7.10. The fourth-order valence-electron chi connectivity index (χ4n) is 2.61. The van der Waals surface area contributed by atoms with Gasteiger partial charge in [-0.3, -0.25) is 0 Å². The molecule has 5 heteroatoms. The van der Waals surface area contributed by atoms with Gasteiger partial charge in [0.2, 0.25) is 0 Å². The molecule has 0 atom stereocenters. The van der Waals surface area contributed by atoms with Crippen molar-refractivity contribution < 1.29 is 30.3 Å². The molecule has 0 aliphatic rings. The quantitative estimate of drug-likeness (QED) is 0.378. The molecule has 3 rings (SSSR count). The fourth-order valence-corrected chi connectivity index (χ4v) is 4.09. The van der Waals surface area contributed by atoms with Gasteiger partial charge in [0.25, 0.3) is 0 Å². The normalized spacial score (nSPS) is 9.74. The molecule has 0 saturated carbocycles. The first-order chi connectivity index (χ1) is 12.6. The third kappa shape index (κ3) is 7.13. The molecule has 1 radical (unpaired) electrons. The Morgan fingerprint density at radius 3 is 1.96 bits per heavy atom. The predicted octanol–water partition coefficient (Wildman–Crippen LogP) is 3.98. The maximum atomic E-state index is 7.00. The second-order valence-electron chi connectivity index (χ2n) is 6.51. The van der Waals surface area contributed by atoms with E-state index in [1.54, 1.807) is 0 Å². The zero-order valence-corrected chi connectivity index (χ0v) is 19.9. The Hall–Kier alpha value is -1.62. The summed E-state index contributed by atoms with van der Waals surface area (Å²) in [7, 11) is 0.543. The van der Waals surface area contributed by atoms with Crippen LogP contribution < -0.4 is 5.19 Å². The van der Waals surface area contributed by atoms with Gasteiger partial charge in [0.15, 0.2) is 0 Å². The van der Waals surface area contributed by atoms with E-state index in [1.165, 1.54) is 16.3 Å². The zero-order valence-electron chi connectivity index (χ0n) is 16.5. The summed E-state index contributed by atoms with van der Waals surface area (Å²) >= 11 is 0. The number of hydrogen-bond acceptors (Lipinski definition) is 3. The SMILES string of the molecule is CO.CO.C[Si](C)(C)c1cnc(-c2[c-]cccc2)cc1-c1ccccc1.[Ir]. The summed E-state index contributed by atoms with van der Waals surface area (Å²) in [4.78, 5) is 4.71. The van der Waals surface area contributed by atoms with Gasteiger partial charge in [-0.05, 0) is 22.0 Å². The molecule has 0 aliphatic heterocycles. The monoisotopic (exact) mass is 559 g/mol. The van der Waals surface area contributed by atoms with Crippen LogP contribution in [0.1, 0.15) is 0 Å². The van der Waals surface area contributed by atoms with E-state index in [0.29, 0.717) is 0 Å². The number of aliphatic hydroxyl groups is 2. The van der Waals surface area contributed by atoms with Crippen LogP contribution in [0.4, 0.5) is 0 Å². The maximum Gasteiger partial charge on any atom is 0.0803 e. The summed E-state index contributed by atoms with van der Waals surface area (Å²) in [5, 5.41) is 15.4. The second-order valence-corrected chi connectivity index (χ2v) is 11.5. The average Bonchev–Trinajstić information content (AvgIpc) is 2.71. The molecular weight excluding hydrogens is 531 g/mol. The van der Waals surface area contributed by atoms with Crippen molar-refractivity contribution in [3.8, 4) is 22.4 Å². The van der Waals surface area contributed by atoms with E-state index in [-0.39, 0.29) is 20.1 Å². The minimum Gasteiger partial charge on any atom is -0.400 e. The Morgan fingerprint density at radius 2 is 1.44 bits per heavy atom. The first-order valence-electron chi connectivity index (χ1n) is 8.48. The summed E-state index contributed by atoms with van der Waals surface area (Å²) in [6.07, 6.45) is 2.07. The van der Waals surface area contributed by atoms with Crippen LogP contribution in [-0.4, -0.2) is 37.5 Å². The molecule has 0 bridgehead atoms. The van der Waals surface area contributed by atoms with E-state index in [2.05, 4.69) is 74.4 Å². The number of pyridine rings is 1.